The van der Waals surface area contributed by atoms with Crippen LogP contribution in [0.5, 0.6) is 0 Å². The summed E-state index contributed by atoms with van der Waals surface area (Å²) in [5, 5.41) is 13.2. The minimum Gasteiger partial charge on any atom is -0.368 e. The quantitative estimate of drug-likeness (QED) is 0.862. The zero-order valence-corrected chi connectivity index (χ0v) is 13.2. The summed E-state index contributed by atoms with van der Waals surface area (Å²) in [4.78, 5) is 2.49. The molecule has 0 radical (unpaired) electrons. The molecule has 112 valence electrons. The van der Waals surface area contributed by atoms with Crippen molar-refractivity contribution in [2.75, 3.05) is 32.8 Å². The number of halogens is 1. The summed E-state index contributed by atoms with van der Waals surface area (Å²) in [6.07, 6.45) is 0. The normalized spacial score (nSPS) is 29.7. The average Bonchev–Trinajstić information content (AvgIpc) is 2.47. The van der Waals surface area contributed by atoms with Crippen LogP contribution in [0.1, 0.15) is 23.6 Å². The van der Waals surface area contributed by atoms with Crippen LogP contribution in [-0.4, -0.2) is 43.7 Å². The number of nitrogens with zero attached hydrogens (tertiary/aromatic N) is 2. The fraction of sp³-hybridized carbons (Fsp3) is 0.562. The zero-order chi connectivity index (χ0) is 15.0. The van der Waals surface area contributed by atoms with E-state index in [1.165, 1.54) is 0 Å². The lowest BCUT2D eigenvalue weighted by Gasteiger charge is -2.48. The van der Waals surface area contributed by atoms with Crippen molar-refractivity contribution in [1.29, 1.82) is 5.26 Å². The summed E-state index contributed by atoms with van der Waals surface area (Å²) in [5.74, 6) is 0. The maximum atomic E-state index is 9.30. The molecule has 1 unspecified atom stereocenters. The monoisotopic (exact) mass is 305 g/mol. The van der Waals surface area contributed by atoms with Gasteiger partial charge in [0.05, 0.1) is 17.2 Å². The largest absolute Gasteiger partial charge is 0.368 e. The van der Waals surface area contributed by atoms with E-state index >= 15 is 0 Å². The van der Waals surface area contributed by atoms with Gasteiger partial charge in [-0.15, -0.1) is 0 Å². The van der Waals surface area contributed by atoms with Crippen molar-refractivity contribution in [3.05, 3.63) is 33.8 Å². The molecule has 5 heteroatoms. The number of piperazine rings is 1. The van der Waals surface area contributed by atoms with Gasteiger partial charge in [0.1, 0.15) is 11.7 Å². The highest BCUT2D eigenvalue weighted by Gasteiger charge is 2.40. The van der Waals surface area contributed by atoms with Crippen LogP contribution in [0.2, 0.25) is 5.02 Å². The van der Waals surface area contributed by atoms with E-state index in [0.29, 0.717) is 23.2 Å². The summed E-state index contributed by atoms with van der Waals surface area (Å²) in [7, 11) is 0. The first-order valence-electron chi connectivity index (χ1n) is 7.33. The summed E-state index contributed by atoms with van der Waals surface area (Å²) >= 11 is 6.11. The van der Waals surface area contributed by atoms with E-state index in [1.54, 1.807) is 6.07 Å². The van der Waals surface area contributed by atoms with Crippen molar-refractivity contribution in [3.63, 3.8) is 0 Å². The topological polar surface area (TPSA) is 48.3 Å². The number of rotatable bonds is 1. The van der Waals surface area contributed by atoms with Crippen molar-refractivity contribution < 1.29 is 4.74 Å². The Bertz CT molecular complexity index is 598. The smallest absolute Gasteiger partial charge is 0.103 e. The molecule has 0 bridgehead atoms. The predicted octanol–water partition coefficient (Wildman–Crippen LogP) is 2.04. The first kappa shape index (κ1) is 14.8. The van der Waals surface area contributed by atoms with E-state index in [-0.39, 0.29) is 5.60 Å². The Morgan fingerprint density at radius 3 is 3.10 bits per heavy atom. The van der Waals surface area contributed by atoms with Gasteiger partial charge in [-0.3, -0.25) is 4.90 Å². The zero-order valence-electron chi connectivity index (χ0n) is 12.4. The van der Waals surface area contributed by atoms with Crippen LogP contribution in [0, 0.1) is 18.3 Å². The Morgan fingerprint density at radius 2 is 2.33 bits per heavy atom. The van der Waals surface area contributed by atoms with Crippen molar-refractivity contribution >= 4 is 11.6 Å². The van der Waals surface area contributed by atoms with Gasteiger partial charge in [-0.25, -0.2) is 0 Å². The van der Waals surface area contributed by atoms with Crippen molar-refractivity contribution in [3.8, 4) is 6.07 Å². The van der Waals surface area contributed by atoms with Crippen LogP contribution < -0.4 is 5.32 Å². The number of fused-ring (bicyclic) bond motifs is 1. The molecule has 0 amide bonds. The Hall–Kier alpha value is -1.12. The van der Waals surface area contributed by atoms with Gasteiger partial charge >= 0.3 is 0 Å². The van der Waals surface area contributed by atoms with Gasteiger partial charge in [-0.05, 0) is 31.0 Å². The van der Waals surface area contributed by atoms with Crippen LogP contribution >= 0.6 is 11.6 Å². The number of nitrogens with one attached hydrogen (secondary N) is 1. The second-order valence-corrected chi connectivity index (χ2v) is 6.48. The van der Waals surface area contributed by atoms with Gasteiger partial charge in [-0.2, -0.15) is 5.26 Å². The van der Waals surface area contributed by atoms with Crippen LogP contribution in [-0.2, 0) is 10.3 Å². The molecular formula is C16H20ClN3O. The molecule has 2 atom stereocenters. The third-order valence-electron chi connectivity index (χ3n) is 4.67. The van der Waals surface area contributed by atoms with E-state index in [1.807, 2.05) is 13.0 Å². The van der Waals surface area contributed by atoms with Crippen LogP contribution in [0.25, 0.3) is 0 Å². The second-order valence-electron chi connectivity index (χ2n) is 6.08. The number of morpholine rings is 1. The Morgan fingerprint density at radius 1 is 1.52 bits per heavy atom. The maximum Gasteiger partial charge on any atom is 0.103 e. The SMILES string of the molecule is Cc1c([C@]2(C)CN3CCNCC3CO2)ccc(Cl)c1C#N. The lowest BCUT2D eigenvalue weighted by molar-refractivity contribution is -0.134. The van der Waals surface area contributed by atoms with Crippen molar-refractivity contribution in [2.45, 2.75) is 25.5 Å². The molecule has 0 spiro atoms. The van der Waals surface area contributed by atoms with Crippen molar-refractivity contribution in [1.82, 2.24) is 10.2 Å². The van der Waals surface area contributed by atoms with Gasteiger partial charge in [0.25, 0.3) is 0 Å². The number of hydrogen-bond donors (Lipinski definition) is 1. The first-order chi connectivity index (χ1) is 10.0. The highest BCUT2D eigenvalue weighted by Crippen LogP contribution is 2.36. The molecule has 4 nitrogen and oxygen atoms in total. The Kier molecular flexibility index (Phi) is 3.94. The molecule has 2 aliphatic heterocycles. The highest BCUT2D eigenvalue weighted by atomic mass is 35.5. The number of hydrogen-bond acceptors (Lipinski definition) is 4. The summed E-state index contributed by atoms with van der Waals surface area (Å²) in [6, 6.07) is 6.47. The van der Waals surface area contributed by atoms with Gasteiger partial charge < -0.3 is 10.1 Å². The molecule has 3 rings (SSSR count). The first-order valence-corrected chi connectivity index (χ1v) is 7.71. The van der Waals surface area contributed by atoms with Gasteiger partial charge in [-0.1, -0.05) is 17.7 Å². The predicted molar refractivity (Wildman–Crippen MR) is 82.4 cm³/mol. The molecule has 1 aromatic rings. The summed E-state index contributed by atoms with van der Waals surface area (Å²) in [6.45, 7) is 8.69. The molecule has 2 fully saturated rings. The Balaban J connectivity index is 1.94. The molecule has 0 saturated carbocycles. The van der Waals surface area contributed by atoms with E-state index in [9.17, 15) is 5.26 Å². The fourth-order valence-electron chi connectivity index (χ4n) is 3.44. The van der Waals surface area contributed by atoms with Crippen LogP contribution in [0.4, 0.5) is 0 Å². The van der Waals surface area contributed by atoms with E-state index in [0.717, 1.165) is 37.3 Å². The maximum absolute atomic E-state index is 9.30. The van der Waals surface area contributed by atoms with Gasteiger partial charge in [0.15, 0.2) is 0 Å². The lowest BCUT2D eigenvalue weighted by atomic mass is 9.87. The van der Waals surface area contributed by atoms with Gasteiger partial charge in [0, 0.05) is 32.2 Å². The van der Waals surface area contributed by atoms with Crippen molar-refractivity contribution in [2.24, 2.45) is 0 Å². The molecule has 1 N–H and O–H groups in total. The lowest BCUT2D eigenvalue weighted by Crippen LogP contribution is -2.61. The number of nitriles is 1. The summed E-state index contributed by atoms with van der Waals surface area (Å²) < 4.78 is 6.21. The van der Waals surface area contributed by atoms with E-state index in [2.05, 4.69) is 23.2 Å². The minimum atomic E-state index is -0.381. The molecular weight excluding hydrogens is 286 g/mol. The van der Waals surface area contributed by atoms with Crippen LogP contribution in [0.3, 0.4) is 0 Å². The minimum absolute atomic E-state index is 0.381. The molecule has 2 aliphatic rings. The molecule has 1 aromatic carbocycles. The molecule has 0 aliphatic carbocycles. The second kappa shape index (κ2) is 5.58. The van der Waals surface area contributed by atoms with Crippen LogP contribution in [0.15, 0.2) is 12.1 Å². The molecule has 2 heterocycles. The molecule has 21 heavy (non-hydrogen) atoms. The van der Waals surface area contributed by atoms with E-state index in [4.69, 9.17) is 16.3 Å². The third-order valence-corrected chi connectivity index (χ3v) is 4.98. The molecule has 0 aromatic heterocycles. The standard InChI is InChI=1S/C16H20ClN3O/c1-11-13(7-18)15(17)4-3-14(11)16(2)10-20-6-5-19-8-12(20)9-21-16/h3-4,12,19H,5-6,8-10H2,1-2H3/t12?,16-/m0/s1. The summed E-state index contributed by atoms with van der Waals surface area (Å²) in [5.41, 5.74) is 2.18. The third kappa shape index (κ3) is 2.56. The van der Waals surface area contributed by atoms with Gasteiger partial charge in [0.2, 0.25) is 0 Å². The van der Waals surface area contributed by atoms with E-state index < -0.39 is 0 Å². The fourth-order valence-corrected chi connectivity index (χ4v) is 3.69. The highest BCUT2D eigenvalue weighted by molar-refractivity contribution is 6.31. The number of ether oxygens (including phenoxy) is 1. The Labute approximate surface area is 130 Å². The number of benzene rings is 1. The molecule has 2 saturated heterocycles. The average molecular weight is 306 g/mol.